The summed E-state index contributed by atoms with van der Waals surface area (Å²) in [7, 11) is 1.79. The zero-order valence-corrected chi connectivity index (χ0v) is 13.2. The number of anilines is 1. The predicted octanol–water partition coefficient (Wildman–Crippen LogP) is 4.07. The maximum absolute atomic E-state index is 7.22. The normalized spacial score (nSPS) is 14.0. The molecule has 114 valence electrons. The lowest BCUT2D eigenvalue weighted by atomic mass is 10.2. The Morgan fingerprint density at radius 3 is 2.87 bits per heavy atom. The number of imidazole rings is 1. The van der Waals surface area contributed by atoms with Crippen molar-refractivity contribution >= 4 is 34.1 Å². The number of hydrogen-bond acceptors (Lipinski definition) is 4. The maximum Gasteiger partial charge on any atom is 0.224 e. The summed E-state index contributed by atoms with van der Waals surface area (Å²) in [5.74, 6) is 1.46. The molecule has 0 aliphatic heterocycles. The molecule has 4 rings (SSSR count). The topological polar surface area (TPSA) is 60.0 Å². The molecule has 0 saturated heterocycles. The largest absolute Gasteiger partial charge is 0.372 e. The van der Waals surface area contributed by atoms with Crippen molar-refractivity contribution in [1.29, 1.82) is 0 Å². The molecule has 1 N–H and O–H groups in total. The number of nitrogens with zero attached hydrogens (tertiary/aromatic N) is 5. The molecular formula is C16H13ClN6. The summed E-state index contributed by atoms with van der Waals surface area (Å²) in [5.41, 5.74) is 3.28. The summed E-state index contributed by atoms with van der Waals surface area (Å²) in [6.45, 7) is 7.22. The van der Waals surface area contributed by atoms with Gasteiger partial charge in [-0.3, -0.25) is 0 Å². The lowest BCUT2D eigenvalue weighted by molar-refractivity contribution is 0.774. The molecule has 23 heavy (non-hydrogen) atoms. The minimum absolute atomic E-state index is 0.197. The lowest BCUT2D eigenvalue weighted by Gasteiger charge is -2.10. The standard InChI is InChI=1S/C16H13ClN6/c1-18-9-3-6-12-13(7-9)23(10-4-5-10)15(21-12)11-8-20-16(17)22-14(11)19-2/h3,6-8,10H,4-5H2,2H3,(H,19,20,22). The van der Waals surface area contributed by atoms with Crippen LogP contribution in [0.25, 0.3) is 27.3 Å². The van der Waals surface area contributed by atoms with Gasteiger partial charge in [-0.05, 0) is 36.6 Å². The second kappa shape index (κ2) is 5.21. The zero-order chi connectivity index (χ0) is 16.0. The van der Waals surface area contributed by atoms with Gasteiger partial charge in [0.15, 0.2) is 5.69 Å². The third-order valence-electron chi connectivity index (χ3n) is 3.95. The Bertz CT molecular complexity index is 951. The van der Waals surface area contributed by atoms with E-state index in [1.807, 2.05) is 12.1 Å². The van der Waals surface area contributed by atoms with E-state index in [0.717, 1.165) is 35.3 Å². The van der Waals surface area contributed by atoms with E-state index in [1.54, 1.807) is 19.3 Å². The quantitative estimate of drug-likeness (QED) is 0.582. The molecule has 0 radical (unpaired) electrons. The summed E-state index contributed by atoms with van der Waals surface area (Å²) >= 11 is 5.89. The van der Waals surface area contributed by atoms with Crippen LogP contribution in [0.3, 0.4) is 0 Å². The molecular weight excluding hydrogens is 312 g/mol. The number of fused-ring (bicyclic) bond motifs is 1. The molecule has 0 unspecified atom stereocenters. The van der Waals surface area contributed by atoms with Crippen LogP contribution in [0.5, 0.6) is 0 Å². The Morgan fingerprint density at radius 2 is 2.17 bits per heavy atom. The highest BCUT2D eigenvalue weighted by Gasteiger charge is 2.29. The van der Waals surface area contributed by atoms with Crippen molar-refractivity contribution in [1.82, 2.24) is 19.5 Å². The van der Waals surface area contributed by atoms with Gasteiger partial charge in [0.2, 0.25) is 5.28 Å². The third-order valence-corrected chi connectivity index (χ3v) is 4.13. The van der Waals surface area contributed by atoms with E-state index in [4.69, 9.17) is 23.2 Å². The Hall–Kier alpha value is -2.65. The van der Waals surface area contributed by atoms with Crippen molar-refractivity contribution in [3.63, 3.8) is 0 Å². The van der Waals surface area contributed by atoms with Gasteiger partial charge in [-0.25, -0.2) is 19.8 Å². The minimum Gasteiger partial charge on any atom is -0.372 e. The summed E-state index contributed by atoms with van der Waals surface area (Å²) < 4.78 is 2.19. The van der Waals surface area contributed by atoms with Gasteiger partial charge in [-0.2, -0.15) is 0 Å². The number of nitrogens with one attached hydrogen (secondary N) is 1. The Kier molecular flexibility index (Phi) is 3.17. The van der Waals surface area contributed by atoms with Crippen molar-refractivity contribution in [2.75, 3.05) is 12.4 Å². The molecule has 6 nitrogen and oxygen atoms in total. The Morgan fingerprint density at radius 1 is 1.35 bits per heavy atom. The predicted molar refractivity (Wildman–Crippen MR) is 89.8 cm³/mol. The Labute approximate surface area is 138 Å². The smallest absolute Gasteiger partial charge is 0.224 e. The van der Waals surface area contributed by atoms with Crippen molar-refractivity contribution in [3.05, 3.63) is 41.1 Å². The van der Waals surface area contributed by atoms with Crippen molar-refractivity contribution in [2.45, 2.75) is 18.9 Å². The molecule has 1 fully saturated rings. The van der Waals surface area contributed by atoms with Gasteiger partial charge in [-0.1, -0.05) is 6.07 Å². The summed E-state index contributed by atoms with van der Waals surface area (Å²) in [4.78, 5) is 16.6. The summed E-state index contributed by atoms with van der Waals surface area (Å²) in [6, 6.07) is 5.99. The van der Waals surface area contributed by atoms with E-state index in [9.17, 15) is 0 Å². The highest BCUT2D eigenvalue weighted by molar-refractivity contribution is 6.28. The van der Waals surface area contributed by atoms with E-state index >= 15 is 0 Å². The molecule has 2 heterocycles. The molecule has 0 amide bonds. The number of benzene rings is 1. The number of halogens is 1. The molecule has 1 saturated carbocycles. The van der Waals surface area contributed by atoms with Gasteiger partial charge in [0, 0.05) is 19.3 Å². The van der Waals surface area contributed by atoms with Crippen LogP contribution in [0, 0.1) is 6.57 Å². The van der Waals surface area contributed by atoms with Gasteiger partial charge in [0.05, 0.1) is 23.2 Å². The maximum atomic E-state index is 7.22. The van der Waals surface area contributed by atoms with Crippen LogP contribution in [-0.4, -0.2) is 26.6 Å². The molecule has 7 heteroatoms. The molecule has 1 aliphatic rings. The Balaban J connectivity index is 2.00. The summed E-state index contributed by atoms with van der Waals surface area (Å²) in [6.07, 6.45) is 3.92. The molecule has 0 bridgehead atoms. The second-order valence-electron chi connectivity index (χ2n) is 5.47. The first-order valence-electron chi connectivity index (χ1n) is 7.31. The van der Waals surface area contributed by atoms with Crippen LogP contribution in [0.15, 0.2) is 24.4 Å². The number of hydrogen-bond donors (Lipinski definition) is 1. The molecule has 1 aromatic carbocycles. The van der Waals surface area contributed by atoms with Crippen LogP contribution < -0.4 is 5.32 Å². The lowest BCUT2D eigenvalue weighted by Crippen LogP contribution is -2.03. The van der Waals surface area contributed by atoms with Crippen LogP contribution in [0.2, 0.25) is 5.28 Å². The van der Waals surface area contributed by atoms with Gasteiger partial charge in [-0.15, -0.1) is 0 Å². The first kappa shape index (κ1) is 14.0. The van der Waals surface area contributed by atoms with Gasteiger partial charge in [0.25, 0.3) is 0 Å². The molecule has 0 spiro atoms. The third kappa shape index (κ3) is 2.30. The summed E-state index contributed by atoms with van der Waals surface area (Å²) in [5, 5.41) is 3.25. The zero-order valence-electron chi connectivity index (χ0n) is 12.4. The number of aromatic nitrogens is 4. The average molecular weight is 325 g/mol. The van der Waals surface area contributed by atoms with Crippen molar-refractivity contribution in [2.24, 2.45) is 0 Å². The van der Waals surface area contributed by atoms with E-state index in [0.29, 0.717) is 17.5 Å². The van der Waals surface area contributed by atoms with Gasteiger partial charge in [0.1, 0.15) is 11.6 Å². The van der Waals surface area contributed by atoms with Crippen LogP contribution in [0.4, 0.5) is 11.5 Å². The highest BCUT2D eigenvalue weighted by atomic mass is 35.5. The first-order valence-corrected chi connectivity index (χ1v) is 7.69. The van der Waals surface area contributed by atoms with Crippen LogP contribution in [-0.2, 0) is 0 Å². The molecule has 1 aliphatic carbocycles. The van der Waals surface area contributed by atoms with E-state index in [1.165, 1.54) is 0 Å². The SMILES string of the molecule is [C-]#[N+]c1ccc2nc(-c3cnc(Cl)nc3NC)n(C3CC3)c2c1. The van der Waals surface area contributed by atoms with Gasteiger partial charge >= 0.3 is 0 Å². The van der Waals surface area contributed by atoms with E-state index in [2.05, 4.69) is 24.7 Å². The highest BCUT2D eigenvalue weighted by Crippen LogP contribution is 2.42. The van der Waals surface area contributed by atoms with Crippen molar-refractivity contribution in [3.8, 4) is 11.4 Å². The fraction of sp³-hybridized carbons (Fsp3) is 0.250. The van der Waals surface area contributed by atoms with Crippen LogP contribution in [0.1, 0.15) is 18.9 Å². The molecule has 3 aromatic rings. The van der Waals surface area contributed by atoms with Gasteiger partial charge < -0.3 is 9.88 Å². The second-order valence-corrected chi connectivity index (χ2v) is 5.81. The van der Waals surface area contributed by atoms with E-state index < -0.39 is 0 Å². The average Bonchev–Trinajstić information content (AvgIpc) is 3.34. The fourth-order valence-electron chi connectivity index (χ4n) is 2.76. The minimum atomic E-state index is 0.197. The fourth-order valence-corrected chi connectivity index (χ4v) is 2.89. The molecule has 0 atom stereocenters. The van der Waals surface area contributed by atoms with E-state index in [-0.39, 0.29) is 5.28 Å². The number of rotatable bonds is 3. The monoisotopic (exact) mass is 324 g/mol. The van der Waals surface area contributed by atoms with Crippen molar-refractivity contribution < 1.29 is 0 Å². The first-order chi connectivity index (χ1) is 11.2. The van der Waals surface area contributed by atoms with Crippen LogP contribution >= 0.6 is 11.6 Å². The molecule has 2 aromatic heterocycles.